The number of nitriles is 1. The molecule has 3 aromatic heterocycles. The van der Waals surface area contributed by atoms with Crippen LogP contribution in [0.25, 0.3) is 16.7 Å². The summed E-state index contributed by atoms with van der Waals surface area (Å²) < 4.78 is 3.28. The Hall–Kier alpha value is -4.69. The minimum Gasteiger partial charge on any atom is -0.383 e. The van der Waals surface area contributed by atoms with Crippen molar-refractivity contribution in [2.75, 3.05) is 11.1 Å². The minimum atomic E-state index is -0.453. The first kappa shape index (κ1) is 23.1. The number of hydrogen-bond acceptors (Lipinski definition) is 8. The number of nitrogens with one attached hydrogen (secondary N) is 1. The lowest BCUT2D eigenvalue weighted by Gasteiger charge is -2.11. The average Bonchev–Trinajstić information content (AvgIpc) is 3.30. The number of anilines is 2. The number of pyridine rings is 1. The van der Waals surface area contributed by atoms with Crippen molar-refractivity contribution in [2.24, 2.45) is 7.05 Å². The van der Waals surface area contributed by atoms with Gasteiger partial charge in [0.2, 0.25) is 5.78 Å². The van der Waals surface area contributed by atoms with E-state index in [1.165, 1.54) is 22.4 Å². The molecule has 0 saturated carbocycles. The monoisotopic (exact) mass is 496 g/mol. The van der Waals surface area contributed by atoms with E-state index >= 15 is 0 Å². The van der Waals surface area contributed by atoms with E-state index in [2.05, 4.69) is 26.6 Å². The summed E-state index contributed by atoms with van der Waals surface area (Å²) in [5, 5.41) is 21.9. The van der Waals surface area contributed by atoms with Crippen molar-refractivity contribution in [2.45, 2.75) is 17.7 Å². The maximum atomic E-state index is 12.8. The lowest BCUT2D eigenvalue weighted by atomic mass is 10.1. The first-order valence-corrected chi connectivity index (χ1v) is 11.9. The average molecular weight is 497 g/mol. The van der Waals surface area contributed by atoms with Gasteiger partial charge >= 0.3 is 0 Å². The summed E-state index contributed by atoms with van der Waals surface area (Å²) in [6.45, 7) is 1.93. The Morgan fingerprint density at radius 2 is 1.94 bits per heavy atom. The molecule has 0 atom stereocenters. The number of nitrogens with zero attached hydrogens (tertiary/aromatic N) is 6. The highest BCUT2D eigenvalue weighted by Crippen LogP contribution is 2.28. The molecular formula is C25H20N8O2S. The Labute approximate surface area is 209 Å². The fourth-order valence-corrected chi connectivity index (χ4v) is 4.76. The number of carbonyl (C=O) groups is 1. The summed E-state index contributed by atoms with van der Waals surface area (Å²) in [5.74, 6) is 0.853. The molecule has 0 fully saturated rings. The molecule has 3 heterocycles. The van der Waals surface area contributed by atoms with Crippen LogP contribution in [0.5, 0.6) is 0 Å². The van der Waals surface area contributed by atoms with Gasteiger partial charge in [0.05, 0.1) is 27.8 Å². The second-order valence-electron chi connectivity index (χ2n) is 8.13. The molecular weight excluding hydrogens is 476 g/mol. The number of thioether (sulfide) groups is 1. The molecule has 2 aromatic carbocycles. The molecule has 178 valence electrons. The standard InChI is InChI=1S/C25H20N8O2S/c1-14-8-9-19-17(10-14)24(35)32(2)25-31-30-20(33(19)25)13-36-23-15(12-26)11-18(21(27)29-23)22(34)28-16-6-4-3-5-7-16/h3-11H,13H2,1-2H3,(H2,27,29)(H,28,34). The van der Waals surface area contributed by atoms with Crippen LogP contribution in [0.1, 0.15) is 27.3 Å². The topological polar surface area (TPSA) is 144 Å². The number of fused-ring (bicyclic) bond motifs is 3. The van der Waals surface area contributed by atoms with Gasteiger partial charge in [0, 0.05) is 12.7 Å². The third kappa shape index (κ3) is 4.03. The predicted molar refractivity (Wildman–Crippen MR) is 138 cm³/mol. The lowest BCUT2D eigenvalue weighted by Crippen LogP contribution is -2.20. The van der Waals surface area contributed by atoms with Gasteiger partial charge in [-0.15, -0.1) is 10.2 Å². The van der Waals surface area contributed by atoms with Crippen LogP contribution < -0.4 is 16.6 Å². The summed E-state index contributed by atoms with van der Waals surface area (Å²) >= 11 is 1.25. The van der Waals surface area contributed by atoms with Crippen molar-refractivity contribution in [3.8, 4) is 6.07 Å². The van der Waals surface area contributed by atoms with Crippen LogP contribution in [-0.4, -0.2) is 30.1 Å². The van der Waals surface area contributed by atoms with Gasteiger partial charge in [-0.25, -0.2) is 4.98 Å². The summed E-state index contributed by atoms with van der Waals surface area (Å²) in [5.41, 5.74) is 8.55. The first-order valence-electron chi connectivity index (χ1n) is 10.9. The van der Waals surface area contributed by atoms with Crippen LogP contribution in [0, 0.1) is 18.3 Å². The molecule has 0 spiro atoms. The van der Waals surface area contributed by atoms with E-state index in [1.54, 1.807) is 31.3 Å². The lowest BCUT2D eigenvalue weighted by molar-refractivity contribution is 0.102. The van der Waals surface area contributed by atoms with Gasteiger partial charge in [-0.3, -0.25) is 18.6 Å². The minimum absolute atomic E-state index is 0.0133. The van der Waals surface area contributed by atoms with Gasteiger partial charge in [0.25, 0.3) is 11.5 Å². The van der Waals surface area contributed by atoms with Crippen LogP contribution in [0.15, 0.2) is 64.4 Å². The molecule has 0 saturated heterocycles. The summed E-state index contributed by atoms with van der Waals surface area (Å²) in [4.78, 5) is 29.8. The maximum Gasteiger partial charge on any atom is 0.262 e. The normalized spacial score (nSPS) is 11.0. The number of nitrogens with two attached hydrogens (primary N) is 1. The number of carbonyl (C=O) groups excluding carboxylic acids is 1. The number of nitrogen functional groups attached to an aromatic ring is 1. The van der Waals surface area contributed by atoms with E-state index < -0.39 is 5.91 Å². The summed E-state index contributed by atoms with van der Waals surface area (Å²) in [6, 6.07) is 18.1. The van der Waals surface area contributed by atoms with Crippen molar-refractivity contribution in [1.29, 1.82) is 5.26 Å². The van der Waals surface area contributed by atoms with Crippen LogP contribution in [-0.2, 0) is 12.8 Å². The zero-order valence-electron chi connectivity index (χ0n) is 19.4. The van der Waals surface area contributed by atoms with E-state index in [0.29, 0.717) is 39.0 Å². The summed E-state index contributed by atoms with van der Waals surface area (Å²) in [7, 11) is 1.65. The molecule has 0 bridgehead atoms. The van der Waals surface area contributed by atoms with E-state index in [-0.39, 0.29) is 22.5 Å². The van der Waals surface area contributed by atoms with Gasteiger partial charge in [-0.1, -0.05) is 41.6 Å². The molecule has 11 heteroatoms. The van der Waals surface area contributed by atoms with Crippen molar-refractivity contribution in [3.05, 3.63) is 87.5 Å². The Balaban J connectivity index is 1.48. The number of aromatic nitrogens is 5. The number of benzene rings is 2. The SMILES string of the molecule is Cc1ccc2c(c1)c(=O)n(C)c1nnc(CSc3nc(N)c(C(=O)Nc4ccccc4)cc3C#N)n21. The molecule has 0 aliphatic heterocycles. The van der Waals surface area contributed by atoms with Crippen LogP contribution in [0.2, 0.25) is 0 Å². The first-order chi connectivity index (χ1) is 17.4. The Bertz CT molecular complexity index is 1750. The van der Waals surface area contributed by atoms with Gasteiger partial charge < -0.3 is 11.1 Å². The summed E-state index contributed by atoms with van der Waals surface area (Å²) in [6.07, 6.45) is 0. The highest BCUT2D eigenvalue weighted by molar-refractivity contribution is 7.98. The molecule has 0 aliphatic rings. The smallest absolute Gasteiger partial charge is 0.262 e. The van der Waals surface area contributed by atoms with Crippen molar-refractivity contribution in [1.82, 2.24) is 24.1 Å². The number of para-hydroxylation sites is 1. The van der Waals surface area contributed by atoms with E-state index in [1.807, 2.05) is 35.6 Å². The van der Waals surface area contributed by atoms with Crippen LogP contribution >= 0.6 is 11.8 Å². The van der Waals surface area contributed by atoms with Gasteiger partial charge in [-0.2, -0.15) is 5.26 Å². The Morgan fingerprint density at radius 3 is 2.69 bits per heavy atom. The van der Waals surface area contributed by atoms with Crippen LogP contribution in [0.4, 0.5) is 11.5 Å². The second-order valence-corrected chi connectivity index (χ2v) is 9.09. The number of rotatable bonds is 5. The number of aryl methyl sites for hydroxylation is 2. The predicted octanol–water partition coefficient (Wildman–Crippen LogP) is 3.28. The molecule has 5 rings (SSSR count). The number of amides is 1. The number of hydrogen-bond donors (Lipinski definition) is 2. The zero-order valence-corrected chi connectivity index (χ0v) is 20.2. The van der Waals surface area contributed by atoms with Crippen molar-refractivity contribution in [3.63, 3.8) is 0 Å². The second kappa shape index (κ2) is 9.16. The van der Waals surface area contributed by atoms with Crippen molar-refractivity contribution < 1.29 is 4.79 Å². The van der Waals surface area contributed by atoms with E-state index in [4.69, 9.17) is 5.73 Å². The molecule has 36 heavy (non-hydrogen) atoms. The highest BCUT2D eigenvalue weighted by Gasteiger charge is 2.19. The Kier molecular flexibility index (Phi) is 5.87. The van der Waals surface area contributed by atoms with E-state index in [0.717, 1.165) is 5.56 Å². The molecule has 0 radical (unpaired) electrons. The Morgan fingerprint density at radius 1 is 1.17 bits per heavy atom. The third-order valence-electron chi connectivity index (χ3n) is 5.69. The van der Waals surface area contributed by atoms with Gasteiger partial charge in [0.1, 0.15) is 22.7 Å². The highest BCUT2D eigenvalue weighted by atomic mass is 32.2. The largest absolute Gasteiger partial charge is 0.383 e. The van der Waals surface area contributed by atoms with Gasteiger partial charge in [-0.05, 0) is 37.3 Å². The molecule has 3 N–H and O–H groups in total. The fourth-order valence-electron chi connectivity index (χ4n) is 3.89. The maximum absolute atomic E-state index is 12.8. The zero-order chi connectivity index (χ0) is 25.4. The third-order valence-corrected chi connectivity index (χ3v) is 6.68. The molecule has 0 unspecified atom stereocenters. The quantitative estimate of drug-likeness (QED) is 0.353. The molecule has 1 amide bonds. The van der Waals surface area contributed by atoms with E-state index in [9.17, 15) is 14.9 Å². The molecule has 0 aliphatic carbocycles. The fraction of sp³-hybridized carbons (Fsp3) is 0.120. The molecule has 10 nitrogen and oxygen atoms in total. The van der Waals surface area contributed by atoms with Crippen molar-refractivity contribution >= 4 is 45.9 Å². The molecule has 5 aromatic rings. The van der Waals surface area contributed by atoms with Crippen LogP contribution in [0.3, 0.4) is 0 Å². The van der Waals surface area contributed by atoms with Gasteiger partial charge in [0.15, 0.2) is 0 Å².